The van der Waals surface area contributed by atoms with Gasteiger partial charge < -0.3 is 10.2 Å². The van der Waals surface area contributed by atoms with Crippen LogP contribution in [0.5, 0.6) is 0 Å². The average molecular weight is 669 g/mol. The molecule has 3 heterocycles. The predicted molar refractivity (Wildman–Crippen MR) is 163 cm³/mol. The first-order valence-corrected chi connectivity index (χ1v) is 15.2. The highest BCUT2D eigenvalue weighted by Gasteiger charge is 2.52. The Kier molecular flexibility index (Phi) is 6.80. The number of carbonyl (C=O) groups excluding carboxylic acids is 2. The maximum atomic E-state index is 14.3. The monoisotopic (exact) mass is 668 g/mol. The zero-order valence-corrected chi connectivity index (χ0v) is 25.3. The Hall–Kier alpha value is -3.18. The van der Waals surface area contributed by atoms with Gasteiger partial charge in [-0.2, -0.15) is 0 Å². The van der Waals surface area contributed by atoms with Gasteiger partial charge in [0.15, 0.2) is 0 Å². The van der Waals surface area contributed by atoms with Crippen LogP contribution in [-0.2, 0) is 33.4 Å². The van der Waals surface area contributed by atoms with Crippen LogP contribution in [0.3, 0.4) is 0 Å². The molecule has 2 aliphatic heterocycles. The molecular formula is C32H31F2IN4O2. The van der Waals surface area contributed by atoms with E-state index in [1.807, 2.05) is 56.0 Å². The van der Waals surface area contributed by atoms with Gasteiger partial charge in [0.1, 0.15) is 17.5 Å². The van der Waals surface area contributed by atoms with Gasteiger partial charge in [-0.3, -0.25) is 14.5 Å². The van der Waals surface area contributed by atoms with E-state index in [-0.39, 0.29) is 18.4 Å². The number of anilines is 1. The molecule has 0 saturated carbocycles. The summed E-state index contributed by atoms with van der Waals surface area (Å²) in [6, 6.07) is 13.5. The van der Waals surface area contributed by atoms with Gasteiger partial charge in [-0.25, -0.2) is 13.8 Å². The summed E-state index contributed by atoms with van der Waals surface area (Å²) >= 11 is 2.23. The van der Waals surface area contributed by atoms with E-state index in [0.29, 0.717) is 35.3 Å². The molecule has 2 atom stereocenters. The average Bonchev–Trinajstić information content (AvgIpc) is 3.44. The van der Waals surface area contributed by atoms with Crippen molar-refractivity contribution in [3.8, 4) is 0 Å². The van der Waals surface area contributed by atoms with Crippen molar-refractivity contribution in [1.82, 2.24) is 14.8 Å². The van der Waals surface area contributed by atoms with Gasteiger partial charge in [-0.1, -0.05) is 59.0 Å². The number of amides is 2. The highest BCUT2D eigenvalue weighted by molar-refractivity contribution is 14.1. The van der Waals surface area contributed by atoms with Crippen LogP contribution in [0.4, 0.5) is 14.6 Å². The summed E-state index contributed by atoms with van der Waals surface area (Å²) in [5, 5.41) is 2.94. The van der Waals surface area contributed by atoms with Gasteiger partial charge in [-0.05, 0) is 74.1 Å². The lowest BCUT2D eigenvalue weighted by molar-refractivity contribution is -0.159. The van der Waals surface area contributed by atoms with Crippen LogP contribution >= 0.6 is 22.6 Å². The van der Waals surface area contributed by atoms with Crippen molar-refractivity contribution < 1.29 is 18.4 Å². The second-order valence-corrected chi connectivity index (χ2v) is 12.6. The van der Waals surface area contributed by atoms with Gasteiger partial charge in [-0.15, -0.1) is 0 Å². The number of hydrogen-bond acceptors (Lipinski definition) is 4. The van der Waals surface area contributed by atoms with Crippen molar-refractivity contribution in [3.63, 3.8) is 0 Å². The van der Waals surface area contributed by atoms with E-state index in [4.69, 9.17) is 0 Å². The summed E-state index contributed by atoms with van der Waals surface area (Å²) in [6.45, 7) is 6.36. The van der Waals surface area contributed by atoms with Gasteiger partial charge in [0.25, 0.3) is 0 Å². The van der Waals surface area contributed by atoms with Crippen molar-refractivity contribution in [2.75, 3.05) is 23.0 Å². The molecule has 2 amide bonds. The number of alkyl halides is 1. The molecule has 6 rings (SSSR count). The van der Waals surface area contributed by atoms with Gasteiger partial charge >= 0.3 is 0 Å². The second-order valence-electron chi connectivity index (χ2n) is 11.9. The van der Waals surface area contributed by atoms with Crippen LogP contribution in [0.2, 0.25) is 0 Å². The number of rotatable bonds is 5. The standard InChI is InChI=1S/C32H31F2IN4O2/c1-30(2)29(41)39(31(3,18-38(30)19-35)23-13-24(33)15-25(34)14-23)11-5-6-20-8-9-21-16-32(17-22(21)12-20)26-7-4-10-36-27(26)37-28(32)40/h4-10,12-15H,11,16-19H2,1-3H3,(H,36,37,40)/b6-5+/t31-,32+/m0/s1. The third kappa shape index (κ3) is 4.48. The highest BCUT2D eigenvalue weighted by atomic mass is 127. The van der Waals surface area contributed by atoms with Crippen LogP contribution in [0.15, 0.2) is 60.8 Å². The Morgan fingerprint density at radius 2 is 1.76 bits per heavy atom. The Morgan fingerprint density at radius 3 is 2.49 bits per heavy atom. The molecule has 1 aromatic heterocycles. The van der Waals surface area contributed by atoms with E-state index in [0.717, 1.165) is 28.3 Å². The second kappa shape index (κ2) is 9.97. The van der Waals surface area contributed by atoms with E-state index in [2.05, 4.69) is 45.0 Å². The van der Waals surface area contributed by atoms with Crippen molar-refractivity contribution >= 4 is 46.3 Å². The molecule has 41 heavy (non-hydrogen) atoms. The van der Waals surface area contributed by atoms with E-state index in [9.17, 15) is 18.4 Å². The largest absolute Gasteiger partial charge is 0.327 e. The quantitative estimate of drug-likeness (QED) is 0.219. The minimum absolute atomic E-state index is 0.0145. The van der Waals surface area contributed by atoms with Gasteiger partial charge in [0.05, 0.1) is 21.0 Å². The van der Waals surface area contributed by atoms with Crippen LogP contribution in [0.1, 0.15) is 48.6 Å². The minimum Gasteiger partial charge on any atom is -0.327 e. The Bertz CT molecular complexity index is 1590. The normalized spacial score (nSPS) is 25.2. The summed E-state index contributed by atoms with van der Waals surface area (Å²) in [6.07, 6.45) is 6.81. The zero-order valence-electron chi connectivity index (χ0n) is 23.2. The molecule has 1 fully saturated rings. The van der Waals surface area contributed by atoms with E-state index < -0.39 is 28.1 Å². The number of fused-ring (bicyclic) bond motifs is 3. The molecule has 9 heteroatoms. The zero-order chi connectivity index (χ0) is 29.2. The number of hydrogen-bond donors (Lipinski definition) is 1. The molecule has 1 spiro atoms. The lowest BCUT2D eigenvalue weighted by atomic mass is 9.79. The first-order chi connectivity index (χ1) is 19.5. The third-order valence-electron chi connectivity index (χ3n) is 9.09. The molecular weight excluding hydrogens is 637 g/mol. The van der Waals surface area contributed by atoms with E-state index in [1.165, 1.54) is 12.1 Å². The summed E-state index contributed by atoms with van der Waals surface area (Å²) in [7, 11) is 0. The lowest BCUT2D eigenvalue weighted by Gasteiger charge is -2.55. The predicted octanol–water partition coefficient (Wildman–Crippen LogP) is 5.59. The number of nitrogens with one attached hydrogen (secondary N) is 1. The molecule has 6 nitrogen and oxygen atoms in total. The summed E-state index contributed by atoms with van der Waals surface area (Å²) in [5.41, 5.74) is 2.25. The minimum atomic E-state index is -0.938. The number of carbonyl (C=O) groups is 2. The number of pyridine rings is 1. The molecule has 1 N–H and O–H groups in total. The van der Waals surface area contributed by atoms with Crippen LogP contribution in [-0.4, -0.2) is 49.8 Å². The molecule has 0 unspecified atom stereocenters. The van der Waals surface area contributed by atoms with Crippen molar-refractivity contribution in [2.24, 2.45) is 0 Å². The number of piperazine rings is 1. The molecule has 0 radical (unpaired) electrons. The Morgan fingerprint density at radius 1 is 1.02 bits per heavy atom. The first-order valence-electron chi connectivity index (χ1n) is 13.6. The van der Waals surface area contributed by atoms with Crippen molar-refractivity contribution in [3.05, 3.63) is 100 Å². The van der Waals surface area contributed by atoms with Crippen LogP contribution in [0, 0.1) is 11.6 Å². The fraction of sp³-hybridized carbons (Fsp3) is 0.344. The van der Waals surface area contributed by atoms with Crippen LogP contribution < -0.4 is 5.32 Å². The number of nitrogens with zero attached hydrogens (tertiary/aromatic N) is 3. The van der Waals surface area contributed by atoms with Gasteiger partial charge in [0, 0.05) is 30.9 Å². The number of benzene rings is 2. The van der Waals surface area contributed by atoms with E-state index >= 15 is 0 Å². The molecule has 0 bridgehead atoms. The van der Waals surface area contributed by atoms with Crippen molar-refractivity contribution in [2.45, 2.75) is 50.1 Å². The Labute approximate surface area is 252 Å². The van der Waals surface area contributed by atoms with Crippen molar-refractivity contribution in [1.29, 1.82) is 0 Å². The molecule has 1 saturated heterocycles. The fourth-order valence-electron chi connectivity index (χ4n) is 6.62. The molecule has 3 aromatic rings. The lowest BCUT2D eigenvalue weighted by Crippen LogP contribution is -2.69. The van der Waals surface area contributed by atoms with Crippen LogP contribution in [0.25, 0.3) is 6.08 Å². The maximum absolute atomic E-state index is 14.3. The summed E-state index contributed by atoms with van der Waals surface area (Å²) < 4.78 is 29.2. The Balaban J connectivity index is 1.28. The summed E-state index contributed by atoms with van der Waals surface area (Å²) in [4.78, 5) is 35.0. The smallest absolute Gasteiger partial charge is 0.243 e. The molecule has 212 valence electrons. The number of aromatic nitrogens is 1. The maximum Gasteiger partial charge on any atom is 0.243 e. The highest BCUT2D eigenvalue weighted by Crippen LogP contribution is 2.47. The summed E-state index contributed by atoms with van der Waals surface area (Å²) in [5.74, 6) is -0.811. The molecule has 3 aliphatic rings. The first kappa shape index (κ1) is 28.0. The number of halogens is 3. The van der Waals surface area contributed by atoms with E-state index in [1.54, 1.807) is 11.1 Å². The SMILES string of the molecule is CC1(C)C(=O)N(C/C=C/c2ccc3c(c2)C[C@@]2(C3)C(=O)Nc3ncccc32)[C@](C)(c2cc(F)cc(F)c2)CN1CI. The van der Waals surface area contributed by atoms with Gasteiger partial charge in [0.2, 0.25) is 11.8 Å². The fourth-order valence-corrected chi connectivity index (χ4v) is 7.71. The topological polar surface area (TPSA) is 65.5 Å². The molecule has 1 aliphatic carbocycles. The third-order valence-corrected chi connectivity index (χ3v) is 9.91. The molecule has 2 aromatic carbocycles.